The smallest absolute Gasteiger partial charge is 0.220 e. The summed E-state index contributed by atoms with van der Waals surface area (Å²) in [7, 11) is 0. The first-order valence-corrected chi connectivity index (χ1v) is 14.5. The van der Waals surface area contributed by atoms with E-state index in [1.54, 1.807) is 36.4 Å². The number of hydrogen-bond acceptors (Lipinski definition) is 7. The third-order valence-corrected chi connectivity index (χ3v) is 8.27. The summed E-state index contributed by atoms with van der Waals surface area (Å²) in [5.74, 6) is 1.56. The monoisotopic (exact) mass is 670 g/mol. The topological polar surface area (TPSA) is 92.3 Å². The maximum absolute atomic E-state index is 11.7. The molecule has 1 heterocycles. The van der Waals surface area contributed by atoms with Crippen LogP contribution in [0.25, 0.3) is 5.69 Å². The number of nitrogens with zero attached hydrogens (tertiary/aromatic N) is 4. The number of aryl methyl sites for hydroxylation is 1. The Morgan fingerprint density at radius 2 is 1.79 bits per heavy atom. The minimum Gasteiger partial charge on any atom is -0.490 e. The summed E-state index contributed by atoms with van der Waals surface area (Å²) in [6.07, 6.45) is 0. The van der Waals surface area contributed by atoms with Crippen LogP contribution in [0, 0.1) is 17.0 Å². The molecule has 0 aliphatic heterocycles. The van der Waals surface area contributed by atoms with Gasteiger partial charge in [0.15, 0.2) is 16.7 Å². The fourth-order valence-electron chi connectivity index (χ4n) is 3.74. The van der Waals surface area contributed by atoms with Gasteiger partial charge in [0, 0.05) is 15.6 Å². The van der Waals surface area contributed by atoms with Crippen molar-refractivity contribution in [2.45, 2.75) is 30.9 Å². The first-order chi connectivity index (χ1) is 18.7. The number of rotatable bonds is 11. The lowest BCUT2D eigenvalue weighted by Crippen LogP contribution is -2.12. The number of nitro groups is 1. The molecular weight excluding hydrogens is 651 g/mol. The van der Waals surface area contributed by atoms with Crippen molar-refractivity contribution in [3.8, 4) is 17.2 Å². The Hall–Kier alpha value is -2.50. The van der Waals surface area contributed by atoms with Crippen molar-refractivity contribution in [1.29, 1.82) is 0 Å². The zero-order valence-corrected chi connectivity index (χ0v) is 25.4. The van der Waals surface area contributed by atoms with Crippen LogP contribution in [0.3, 0.4) is 0 Å². The number of halogens is 4. The van der Waals surface area contributed by atoms with E-state index in [9.17, 15) is 10.1 Å². The molecule has 0 unspecified atom stereocenters. The van der Waals surface area contributed by atoms with Crippen LogP contribution in [0.5, 0.6) is 11.5 Å². The number of ether oxygens (including phenoxy) is 2. The molecule has 39 heavy (non-hydrogen) atoms. The van der Waals surface area contributed by atoms with Gasteiger partial charge >= 0.3 is 0 Å². The second-order valence-electron chi connectivity index (χ2n) is 8.26. The molecule has 204 valence electrons. The molecule has 13 heteroatoms. The average molecular weight is 673 g/mol. The quantitative estimate of drug-likeness (QED) is 0.0898. The predicted octanol–water partition coefficient (Wildman–Crippen LogP) is 8.39. The molecule has 4 aromatic rings. The fraction of sp³-hybridized carbons (Fsp3) is 0.231. The lowest BCUT2D eigenvalue weighted by molar-refractivity contribution is -0.479. The lowest BCUT2D eigenvalue weighted by atomic mass is 10.1. The number of hydrogen-bond donors (Lipinski definition) is 0. The highest BCUT2D eigenvalue weighted by molar-refractivity contribution is 9.10. The van der Waals surface area contributed by atoms with Crippen LogP contribution >= 0.6 is 62.5 Å². The Labute approximate surface area is 252 Å². The molecule has 0 saturated heterocycles. The number of aromatic nitrogens is 3. The van der Waals surface area contributed by atoms with Crippen molar-refractivity contribution < 1.29 is 14.4 Å². The number of thioether (sulfide) groups is 1. The summed E-state index contributed by atoms with van der Waals surface area (Å²) in [5, 5.41) is 21.6. The van der Waals surface area contributed by atoms with Crippen LogP contribution < -0.4 is 9.47 Å². The molecule has 0 bridgehead atoms. The SMILES string of the molecule is CCOc1cc([C@H](C[N+](=O)[O-])Sc2nnc(C)n2-c2ccc(Cl)cc2)cc(Br)c1OCc1ccc(Cl)c(Cl)c1. The van der Waals surface area contributed by atoms with Gasteiger partial charge in [-0.25, -0.2) is 0 Å². The van der Waals surface area contributed by atoms with Crippen molar-refractivity contribution >= 4 is 62.5 Å². The Morgan fingerprint density at radius 3 is 2.46 bits per heavy atom. The average Bonchev–Trinajstić information content (AvgIpc) is 3.25. The largest absolute Gasteiger partial charge is 0.490 e. The maximum atomic E-state index is 11.7. The standard InChI is InChI=1S/C26H22BrCl3N4O4S/c1-3-37-23-12-17(11-20(27)25(23)38-14-16-4-9-21(29)22(30)10-16)24(13-33(35)36)39-26-32-31-15(2)34(26)19-7-5-18(28)6-8-19/h4-12,24H,3,13-14H2,1-2H3/t24-/m0/s1. The summed E-state index contributed by atoms with van der Waals surface area (Å²) in [5.41, 5.74) is 2.28. The van der Waals surface area contributed by atoms with Crippen molar-refractivity contribution in [1.82, 2.24) is 14.8 Å². The minimum absolute atomic E-state index is 0.214. The third kappa shape index (κ3) is 7.37. The number of benzene rings is 3. The molecule has 4 rings (SSSR count). The Morgan fingerprint density at radius 1 is 1.05 bits per heavy atom. The van der Waals surface area contributed by atoms with Gasteiger partial charge in [-0.3, -0.25) is 14.7 Å². The van der Waals surface area contributed by atoms with Crippen LogP contribution in [0.15, 0.2) is 64.2 Å². The van der Waals surface area contributed by atoms with Crippen LogP contribution in [0.2, 0.25) is 15.1 Å². The van der Waals surface area contributed by atoms with Crippen LogP contribution in [0.4, 0.5) is 0 Å². The molecule has 0 fully saturated rings. The highest BCUT2D eigenvalue weighted by Gasteiger charge is 2.26. The summed E-state index contributed by atoms with van der Waals surface area (Å²) in [4.78, 5) is 11.3. The van der Waals surface area contributed by atoms with Crippen molar-refractivity contribution in [2.24, 2.45) is 0 Å². The summed E-state index contributed by atoms with van der Waals surface area (Å²) in [6, 6.07) is 16.0. The second-order valence-corrected chi connectivity index (χ2v) is 11.5. The fourth-order valence-corrected chi connectivity index (χ4v) is 5.92. The molecule has 3 aromatic carbocycles. The Bertz CT molecular complexity index is 1490. The first kappa shape index (κ1) is 29.5. The van der Waals surface area contributed by atoms with E-state index in [0.717, 1.165) is 11.3 Å². The molecule has 0 amide bonds. The zero-order valence-electron chi connectivity index (χ0n) is 20.7. The van der Waals surface area contributed by atoms with E-state index in [1.165, 1.54) is 11.8 Å². The lowest BCUT2D eigenvalue weighted by Gasteiger charge is -2.19. The molecule has 0 aliphatic carbocycles. The molecule has 0 aliphatic rings. The summed E-state index contributed by atoms with van der Waals surface area (Å²) < 4.78 is 14.4. The molecule has 1 aromatic heterocycles. The van der Waals surface area contributed by atoms with Gasteiger partial charge in [-0.2, -0.15) is 0 Å². The zero-order chi connectivity index (χ0) is 28.1. The van der Waals surface area contributed by atoms with E-state index in [0.29, 0.717) is 54.2 Å². The van der Waals surface area contributed by atoms with Gasteiger partial charge in [0.2, 0.25) is 6.54 Å². The molecule has 0 radical (unpaired) electrons. The second kappa shape index (κ2) is 13.2. The third-order valence-electron chi connectivity index (χ3n) is 5.51. The van der Waals surface area contributed by atoms with Crippen LogP contribution in [0.1, 0.15) is 29.1 Å². The normalized spacial score (nSPS) is 11.8. The van der Waals surface area contributed by atoms with Gasteiger partial charge in [0.1, 0.15) is 17.7 Å². The highest BCUT2D eigenvalue weighted by atomic mass is 79.9. The van der Waals surface area contributed by atoms with E-state index >= 15 is 0 Å². The van der Waals surface area contributed by atoms with E-state index in [1.807, 2.05) is 36.6 Å². The predicted molar refractivity (Wildman–Crippen MR) is 158 cm³/mol. The molecule has 0 saturated carbocycles. The van der Waals surface area contributed by atoms with Gasteiger partial charge < -0.3 is 9.47 Å². The van der Waals surface area contributed by atoms with Gasteiger partial charge in [-0.1, -0.05) is 52.6 Å². The van der Waals surface area contributed by atoms with Crippen LogP contribution in [-0.2, 0) is 6.61 Å². The van der Waals surface area contributed by atoms with Gasteiger partial charge in [0.05, 0.1) is 21.1 Å². The maximum Gasteiger partial charge on any atom is 0.220 e. The van der Waals surface area contributed by atoms with Crippen LogP contribution in [-0.4, -0.2) is 32.8 Å². The van der Waals surface area contributed by atoms with E-state index in [4.69, 9.17) is 44.3 Å². The van der Waals surface area contributed by atoms with E-state index in [-0.39, 0.29) is 18.1 Å². The highest BCUT2D eigenvalue weighted by Crippen LogP contribution is 2.43. The van der Waals surface area contributed by atoms with Gasteiger partial charge in [-0.15, -0.1) is 10.2 Å². The first-order valence-electron chi connectivity index (χ1n) is 11.7. The van der Waals surface area contributed by atoms with Crippen molar-refractivity contribution in [3.05, 3.63) is 101 Å². The van der Waals surface area contributed by atoms with Gasteiger partial charge in [-0.05, 0) is 89.4 Å². The molecule has 1 atom stereocenters. The van der Waals surface area contributed by atoms with Gasteiger partial charge in [0.25, 0.3) is 0 Å². The van der Waals surface area contributed by atoms with Crippen molar-refractivity contribution in [2.75, 3.05) is 13.2 Å². The summed E-state index contributed by atoms with van der Waals surface area (Å²) >= 11 is 23.0. The van der Waals surface area contributed by atoms with E-state index in [2.05, 4.69) is 26.1 Å². The molecular formula is C26H22BrCl3N4O4S. The molecule has 0 spiro atoms. The molecule has 8 nitrogen and oxygen atoms in total. The summed E-state index contributed by atoms with van der Waals surface area (Å²) in [6.45, 7) is 3.90. The molecule has 0 N–H and O–H groups in total. The van der Waals surface area contributed by atoms with E-state index < -0.39 is 5.25 Å². The van der Waals surface area contributed by atoms with Crippen molar-refractivity contribution in [3.63, 3.8) is 0 Å². The minimum atomic E-state index is -0.603. The Kier molecular flexibility index (Phi) is 10.0. The Balaban J connectivity index is 1.66.